The van der Waals surface area contributed by atoms with Gasteiger partial charge < -0.3 is 10.2 Å². The van der Waals surface area contributed by atoms with Crippen molar-refractivity contribution in [1.29, 1.82) is 0 Å². The molecular formula is C20H19N3O2S2. The van der Waals surface area contributed by atoms with Crippen molar-refractivity contribution in [3.63, 3.8) is 0 Å². The van der Waals surface area contributed by atoms with E-state index in [1.807, 2.05) is 47.2 Å². The first-order valence-electron chi connectivity index (χ1n) is 8.83. The number of piperidine rings is 1. The molecule has 2 amide bonds. The predicted molar refractivity (Wildman–Crippen MR) is 109 cm³/mol. The average molecular weight is 398 g/mol. The number of thiazole rings is 1. The molecule has 7 heteroatoms. The van der Waals surface area contributed by atoms with Crippen molar-refractivity contribution in [2.24, 2.45) is 5.92 Å². The summed E-state index contributed by atoms with van der Waals surface area (Å²) in [6, 6.07) is 11.4. The smallest absolute Gasteiger partial charge is 0.263 e. The molecule has 5 nitrogen and oxygen atoms in total. The van der Waals surface area contributed by atoms with E-state index in [0.717, 1.165) is 34.7 Å². The number of thiophene rings is 1. The molecule has 138 valence electrons. The number of anilines is 1. The Balaban J connectivity index is 1.38. The van der Waals surface area contributed by atoms with Crippen LogP contribution in [0.2, 0.25) is 0 Å². The van der Waals surface area contributed by atoms with Crippen LogP contribution in [0.3, 0.4) is 0 Å². The van der Waals surface area contributed by atoms with Crippen molar-refractivity contribution in [3.05, 3.63) is 57.5 Å². The van der Waals surface area contributed by atoms with Crippen LogP contribution in [0.1, 0.15) is 22.5 Å². The van der Waals surface area contributed by atoms with Crippen LogP contribution in [0, 0.1) is 5.92 Å². The highest BCUT2D eigenvalue weighted by atomic mass is 32.1. The van der Waals surface area contributed by atoms with Gasteiger partial charge in [0.25, 0.3) is 5.91 Å². The third kappa shape index (κ3) is 4.09. The largest absolute Gasteiger partial charge is 0.337 e. The second-order valence-electron chi connectivity index (χ2n) is 6.51. The van der Waals surface area contributed by atoms with E-state index in [2.05, 4.69) is 10.3 Å². The lowest BCUT2D eigenvalue weighted by Gasteiger charge is -2.31. The fourth-order valence-electron chi connectivity index (χ4n) is 3.26. The molecule has 3 heterocycles. The predicted octanol–water partition coefficient (Wildman–Crippen LogP) is 4.36. The van der Waals surface area contributed by atoms with Crippen LogP contribution < -0.4 is 5.32 Å². The summed E-state index contributed by atoms with van der Waals surface area (Å²) in [6.45, 7) is 1.18. The Morgan fingerprint density at radius 2 is 2.04 bits per heavy atom. The zero-order valence-corrected chi connectivity index (χ0v) is 16.3. The Morgan fingerprint density at radius 3 is 2.74 bits per heavy atom. The molecule has 27 heavy (non-hydrogen) atoms. The van der Waals surface area contributed by atoms with Gasteiger partial charge in [-0.3, -0.25) is 9.59 Å². The number of aromatic nitrogens is 1. The van der Waals surface area contributed by atoms with Crippen LogP contribution in [0.5, 0.6) is 0 Å². The number of hydrogen-bond donors (Lipinski definition) is 1. The molecule has 1 fully saturated rings. The Bertz CT molecular complexity index is 905. The molecule has 1 aromatic carbocycles. The number of carbonyl (C=O) groups is 2. The number of rotatable bonds is 4. The van der Waals surface area contributed by atoms with Crippen LogP contribution in [0.25, 0.3) is 11.3 Å². The Kier molecular flexibility index (Phi) is 5.31. The maximum Gasteiger partial charge on any atom is 0.263 e. The first-order chi connectivity index (χ1) is 13.2. The monoisotopic (exact) mass is 397 g/mol. The van der Waals surface area contributed by atoms with Gasteiger partial charge in [0, 0.05) is 29.7 Å². The normalized spacial score (nSPS) is 16.9. The van der Waals surface area contributed by atoms with E-state index in [1.165, 1.54) is 11.3 Å². The van der Waals surface area contributed by atoms with Gasteiger partial charge in [-0.05, 0) is 36.4 Å². The molecular weight excluding hydrogens is 378 g/mol. The number of likely N-dealkylation sites (tertiary alicyclic amines) is 1. The zero-order valence-electron chi connectivity index (χ0n) is 14.6. The highest BCUT2D eigenvalue weighted by molar-refractivity contribution is 7.12. The minimum Gasteiger partial charge on any atom is -0.337 e. The SMILES string of the molecule is O=C(Nc1ccc(-c2cscn2)cc1)[C@H]1CCCN(C(=O)c2cccs2)C1. The first-order valence-corrected chi connectivity index (χ1v) is 10.7. The maximum atomic E-state index is 12.7. The average Bonchev–Trinajstić information content (AvgIpc) is 3.42. The van der Waals surface area contributed by atoms with Crippen LogP contribution in [-0.4, -0.2) is 34.8 Å². The molecule has 0 unspecified atom stereocenters. The molecule has 1 saturated heterocycles. The number of benzene rings is 1. The first kappa shape index (κ1) is 17.9. The van der Waals surface area contributed by atoms with Crippen molar-refractivity contribution in [2.45, 2.75) is 12.8 Å². The van der Waals surface area contributed by atoms with Crippen molar-refractivity contribution >= 4 is 40.2 Å². The van der Waals surface area contributed by atoms with Crippen LogP contribution in [-0.2, 0) is 4.79 Å². The highest BCUT2D eigenvalue weighted by Gasteiger charge is 2.29. The van der Waals surface area contributed by atoms with Gasteiger partial charge >= 0.3 is 0 Å². The summed E-state index contributed by atoms with van der Waals surface area (Å²) in [5.41, 5.74) is 4.53. The summed E-state index contributed by atoms with van der Waals surface area (Å²) < 4.78 is 0. The minimum atomic E-state index is -0.180. The van der Waals surface area contributed by atoms with Crippen LogP contribution in [0.15, 0.2) is 52.7 Å². The van der Waals surface area contributed by atoms with Crippen LogP contribution in [0.4, 0.5) is 5.69 Å². The Labute approximate surface area is 165 Å². The van der Waals surface area contributed by atoms with Gasteiger partial charge in [-0.25, -0.2) is 4.98 Å². The lowest BCUT2D eigenvalue weighted by molar-refractivity contribution is -0.121. The summed E-state index contributed by atoms with van der Waals surface area (Å²) >= 11 is 3.00. The molecule has 0 saturated carbocycles. The number of hydrogen-bond acceptors (Lipinski definition) is 5. The van der Waals surface area contributed by atoms with Gasteiger partial charge in [0.2, 0.25) is 5.91 Å². The Hall–Kier alpha value is -2.51. The topological polar surface area (TPSA) is 62.3 Å². The van der Waals surface area contributed by atoms with E-state index < -0.39 is 0 Å². The standard InChI is InChI=1S/C20H19N3O2S2/c24-19(22-16-7-5-14(6-8-16)17-12-26-13-21-17)15-3-1-9-23(11-15)20(25)18-4-2-10-27-18/h2,4-8,10,12-13,15H,1,3,9,11H2,(H,22,24)/t15-/m0/s1. The zero-order chi connectivity index (χ0) is 18.6. The number of amides is 2. The summed E-state index contributed by atoms with van der Waals surface area (Å²) in [4.78, 5) is 32.0. The van der Waals surface area contributed by atoms with Crippen molar-refractivity contribution in [1.82, 2.24) is 9.88 Å². The molecule has 0 spiro atoms. The molecule has 1 aliphatic heterocycles. The minimum absolute atomic E-state index is 0.0233. The third-order valence-electron chi connectivity index (χ3n) is 4.69. The van der Waals surface area contributed by atoms with Gasteiger partial charge in [0.05, 0.1) is 22.0 Å². The van der Waals surface area contributed by atoms with Crippen LogP contribution >= 0.6 is 22.7 Å². The molecule has 0 bridgehead atoms. The van der Waals surface area contributed by atoms with Crippen molar-refractivity contribution in [3.8, 4) is 11.3 Å². The van der Waals surface area contributed by atoms with Gasteiger partial charge in [0.1, 0.15) is 0 Å². The number of carbonyl (C=O) groups excluding carboxylic acids is 2. The second-order valence-corrected chi connectivity index (χ2v) is 8.17. The quantitative estimate of drug-likeness (QED) is 0.711. The molecule has 1 aliphatic rings. The summed E-state index contributed by atoms with van der Waals surface area (Å²) in [5.74, 6) is -0.184. The van der Waals surface area contributed by atoms with Gasteiger partial charge in [-0.15, -0.1) is 22.7 Å². The summed E-state index contributed by atoms with van der Waals surface area (Å²) in [7, 11) is 0. The fourth-order valence-corrected chi connectivity index (χ4v) is 4.51. The van der Waals surface area contributed by atoms with Crippen molar-refractivity contribution < 1.29 is 9.59 Å². The second kappa shape index (κ2) is 8.02. The van der Waals surface area contributed by atoms with E-state index in [0.29, 0.717) is 13.1 Å². The van der Waals surface area contributed by atoms with Gasteiger partial charge in [-0.1, -0.05) is 18.2 Å². The molecule has 1 N–H and O–H groups in total. The molecule has 4 rings (SSSR count). The lowest BCUT2D eigenvalue weighted by Crippen LogP contribution is -2.43. The molecule has 0 radical (unpaired) electrons. The molecule has 0 aliphatic carbocycles. The van der Waals surface area contributed by atoms with E-state index in [-0.39, 0.29) is 17.7 Å². The van der Waals surface area contributed by atoms with E-state index >= 15 is 0 Å². The van der Waals surface area contributed by atoms with E-state index in [4.69, 9.17) is 0 Å². The van der Waals surface area contributed by atoms with Crippen molar-refractivity contribution in [2.75, 3.05) is 18.4 Å². The molecule has 3 aromatic rings. The fraction of sp³-hybridized carbons (Fsp3) is 0.250. The Morgan fingerprint density at radius 1 is 1.19 bits per heavy atom. The number of nitrogens with zero attached hydrogens (tertiary/aromatic N) is 2. The lowest BCUT2D eigenvalue weighted by atomic mass is 9.96. The van der Waals surface area contributed by atoms with E-state index in [9.17, 15) is 9.59 Å². The number of nitrogens with one attached hydrogen (secondary N) is 1. The summed E-state index contributed by atoms with van der Waals surface area (Å²) in [5, 5.41) is 6.88. The molecule has 1 atom stereocenters. The van der Waals surface area contributed by atoms with Gasteiger partial charge in [0.15, 0.2) is 0 Å². The van der Waals surface area contributed by atoms with E-state index in [1.54, 1.807) is 21.7 Å². The highest BCUT2D eigenvalue weighted by Crippen LogP contribution is 2.24. The maximum absolute atomic E-state index is 12.7. The third-order valence-corrected chi connectivity index (χ3v) is 6.14. The molecule has 2 aromatic heterocycles. The van der Waals surface area contributed by atoms with Gasteiger partial charge in [-0.2, -0.15) is 0 Å². The summed E-state index contributed by atoms with van der Waals surface area (Å²) in [6.07, 6.45) is 1.65.